The van der Waals surface area contributed by atoms with Crippen LogP contribution in [0, 0.1) is 18.7 Å². The number of alkyl halides is 1. The molecule has 2 aliphatic rings. The van der Waals surface area contributed by atoms with Crippen molar-refractivity contribution < 1.29 is 27.4 Å². The Morgan fingerprint density at radius 1 is 1.31 bits per heavy atom. The minimum absolute atomic E-state index is 0.160. The highest BCUT2D eigenvalue weighted by Gasteiger charge is 2.51. The van der Waals surface area contributed by atoms with Gasteiger partial charge < -0.3 is 15.8 Å². The molecular formula is C25H32F2N4O4S. The summed E-state index contributed by atoms with van der Waals surface area (Å²) in [5.41, 5.74) is 4.74. The lowest BCUT2D eigenvalue weighted by atomic mass is 9.86. The van der Waals surface area contributed by atoms with Crippen LogP contribution in [0.5, 0.6) is 5.75 Å². The maximum absolute atomic E-state index is 14.9. The fourth-order valence-electron chi connectivity index (χ4n) is 4.25. The van der Waals surface area contributed by atoms with E-state index in [0.717, 1.165) is 18.9 Å². The number of ether oxygens (including phenoxy) is 1. The number of aromatic nitrogens is 1. The highest BCUT2D eigenvalue weighted by molar-refractivity contribution is 8.26. The van der Waals surface area contributed by atoms with E-state index in [-0.39, 0.29) is 22.8 Å². The molecule has 5 N–H and O–H groups in total. The van der Waals surface area contributed by atoms with Gasteiger partial charge in [-0.3, -0.25) is 18.9 Å². The standard InChI is InChI=1S/C25H32F2N4O4S/c1-15-9-18(35-12-16-5-4-6-16)11-29-21(15)22(32)30-17-7-8-20(27)19(10-17)25(13-26)14-36(33,34)24(2,3)23(28)31-25/h7-11,16,33-34H,4-6,12-14H2,1-3H3,(H2,28,31)(H,30,32). The van der Waals surface area contributed by atoms with E-state index in [1.54, 1.807) is 13.0 Å². The number of carbonyl (C=O) groups is 1. The molecule has 1 aliphatic carbocycles. The van der Waals surface area contributed by atoms with Crippen LogP contribution in [-0.4, -0.2) is 49.6 Å². The second-order valence-electron chi connectivity index (χ2n) is 10.1. The van der Waals surface area contributed by atoms with E-state index in [4.69, 9.17) is 10.5 Å². The number of hydrogen-bond donors (Lipinski definition) is 4. The van der Waals surface area contributed by atoms with Gasteiger partial charge in [-0.05, 0) is 69.4 Å². The van der Waals surface area contributed by atoms with Gasteiger partial charge in [0.1, 0.15) is 40.1 Å². The number of rotatable bonds is 7. The van der Waals surface area contributed by atoms with Crippen LogP contribution in [-0.2, 0) is 5.54 Å². The van der Waals surface area contributed by atoms with Crippen molar-refractivity contribution in [2.24, 2.45) is 16.6 Å². The monoisotopic (exact) mass is 522 g/mol. The first kappa shape index (κ1) is 26.3. The summed E-state index contributed by atoms with van der Waals surface area (Å²) in [7, 11) is -3.46. The number of aryl methyl sites for hydroxylation is 1. The Morgan fingerprint density at radius 3 is 2.61 bits per heavy atom. The number of amidine groups is 1. The van der Waals surface area contributed by atoms with Crippen LogP contribution in [0.4, 0.5) is 14.5 Å². The fourth-order valence-corrected chi connectivity index (χ4v) is 5.95. The molecule has 1 fully saturated rings. The second-order valence-corrected chi connectivity index (χ2v) is 12.7. The van der Waals surface area contributed by atoms with Gasteiger partial charge >= 0.3 is 0 Å². The molecule has 1 aliphatic heterocycles. The maximum atomic E-state index is 14.9. The van der Waals surface area contributed by atoms with Crippen molar-refractivity contribution in [2.75, 3.05) is 24.4 Å². The Hall–Kier alpha value is -2.76. The molecular weight excluding hydrogens is 490 g/mol. The van der Waals surface area contributed by atoms with Gasteiger partial charge in [0.05, 0.1) is 18.6 Å². The lowest BCUT2D eigenvalue weighted by molar-refractivity contribution is 0.102. The molecule has 1 aromatic carbocycles. The number of benzene rings is 1. The van der Waals surface area contributed by atoms with E-state index in [9.17, 15) is 22.7 Å². The van der Waals surface area contributed by atoms with E-state index in [0.29, 0.717) is 23.8 Å². The molecule has 1 atom stereocenters. The number of nitrogens with zero attached hydrogens (tertiary/aromatic N) is 2. The largest absolute Gasteiger partial charge is 0.492 e. The molecule has 0 radical (unpaired) electrons. The number of pyridine rings is 1. The average Bonchev–Trinajstić information content (AvgIpc) is 2.77. The second kappa shape index (κ2) is 9.60. The highest BCUT2D eigenvalue weighted by atomic mass is 32.3. The Morgan fingerprint density at radius 2 is 2.03 bits per heavy atom. The van der Waals surface area contributed by atoms with Crippen LogP contribution < -0.4 is 15.8 Å². The lowest BCUT2D eigenvalue weighted by Crippen LogP contribution is -2.53. The normalized spacial score (nSPS) is 23.8. The van der Waals surface area contributed by atoms with E-state index >= 15 is 0 Å². The lowest BCUT2D eigenvalue weighted by Gasteiger charge is -2.53. The van der Waals surface area contributed by atoms with E-state index in [2.05, 4.69) is 15.3 Å². The van der Waals surface area contributed by atoms with Crippen molar-refractivity contribution in [3.05, 3.63) is 53.1 Å². The van der Waals surface area contributed by atoms with Gasteiger partial charge in [-0.1, -0.05) is 6.42 Å². The van der Waals surface area contributed by atoms with Gasteiger partial charge in [0.25, 0.3) is 5.91 Å². The van der Waals surface area contributed by atoms with Crippen LogP contribution in [0.25, 0.3) is 0 Å². The van der Waals surface area contributed by atoms with Crippen molar-refractivity contribution >= 4 is 28.0 Å². The van der Waals surface area contributed by atoms with E-state index in [1.165, 1.54) is 38.6 Å². The Labute approximate surface area is 210 Å². The summed E-state index contributed by atoms with van der Waals surface area (Å²) in [6.45, 7) is 4.14. The smallest absolute Gasteiger partial charge is 0.274 e. The molecule has 2 heterocycles. The third kappa shape index (κ3) is 4.79. The van der Waals surface area contributed by atoms with Crippen LogP contribution in [0.2, 0.25) is 0 Å². The SMILES string of the molecule is Cc1cc(OCC2CCC2)cnc1C(=O)Nc1ccc(F)c(C2(CF)CS(O)(O)C(C)(C)C(N)=N2)c1. The predicted octanol–water partition coefficient (Wildman–Crippen LogP) is 5.03. The van der Waals surface area contributed by atoms with Gasteiger partial charge in [-0.2, -0.15) is 10.6 Å². The summed E-state index contributed by atoms with van der Waals surface area (Å²) in [6, 6.07) is 5.37. The topological polar surface area (TPSA) is 130 Å². The van der Waals surface area contributed by atoms with E-state index < -0.39 is 45.0 Å². The molecule has 36 heavy (non-hydrogen) atoms. The van der Waals surface area contributed by atoms with Crippen LogP contribution >= 0.6 is 10.6 Å². The van der Waals surface area contributed by atoms with Gasteiger partial charge in [0.15, 0.2) is 0 Å². The number of nitrogens with two attached hydrogens (primary N) is 1. The molecule has 1 aromatic heterocycles. The van der Waals surface area contributed by atoms with Gasteiger partial charge in [-0.25, -0.2) is 13.8 Å². The van der Waals surface area contributed by atoms with Gasteiger partial charge in [0, 0.05) is 11.3 Å². The first-order valence-corrected chi connectivity index (χ1v) is 13.5. The zero-order valence-electron chi connectivity index (χ0n) is 20.6. The molecule has 1 saturated carbocycles. The average molecular weight is 523 g/mol. The number of anilines is 1. The van der Waals surface area contributed by atoms with Gasteiger partial charge in [-0.15, -0.1) is 0 Å². The van der Waals surface area contributed by atoms with Gasteiger partial charge in [0.2, 0.25) is 0 Å². The highest BCUT2D eigenvalue weighted by Crippen LogP contribution is 2.59. The molecule has 196 valence electrons. The number of nitrogens with one attached hydrogen (secondary N) is 1. The number of aliphatic imine (C=N–C) groups is 1. The summed E-state index contributed by atoms with van der Waals surface area (Å²) >= 11 is 0. The quantitative estimate of drug-likeness (QED) is 0.404. The van der Waals surface area contributed by atoms with Crippen LogP contribution in [0.15, 0.2) is 35.5 Å². The predicted molar refractivity (Wildman–Crippen MR) is 137 cm³/mol. The molecule has 1 unspecified atom stereocenters. The third-order valence-electron chi connectivity index (χ3n) is 7.13. The maximum Gasteiger partial charge on any atom is 0.274 e. The summed E-state index contributed by atoms with van der Waals surface area (Å²) in [5.74, 6) is -0.922. The fraction of sp³-hybridized carbons (Fsp3) is 0.480. The van der Waals surface area contributed by atoms with E-state index in [1.807, 2.05) is 0 Å². The molecule has 0 saturated heterocycles. The third-order valence-corrected chi connectivity index (χ3v) is 9.86. The Balaban J connectivity index is 1.57. The Bertz CT molecular complexity index is 1200. The number of hydrogen-bond acceptors (Lipinski definition) is 7. The molecule has 0 spiro atoms. The number of halogens is 2. The summed E-state index contributed by atoms with van der Waals surface area (Å²) < 4.78 is 55.2. The number of carbonyl (C=O) groups excluding carboxylic acids is 1. The van der Waals surface area contributed by atoms with Crippen molar-refractivity contribution in [2.45, 2.75) is 50.3 Å². The molecule has 2 aromatic rings. The van der Waals surface area contributed by atoms with Crippen molar-refractivity contribution in [3.8, 4) is 5.75 Å². The number of amides is 1. The first-order valence-electron chi connectivity index (χ1n) is 11.8. The summed E-state index contributed by atoms with van der Waals surface area (Å²) in [4.78, 5) is 21.3. The minimum atomic E-state index is -3.46. The van der Waals surface area contributed by atoms with Crippen molar-refractivity contribution in [1.29, 1.82) is 0 Å². The zero-order chi connectivity index (χ0) is 26.3. The Kier molecular flexibility index (Phi) is 7.02. The van der Waals surface area contributed by atoms with Crippen molar-refractivity contribution in [1.82, 2.24) is 4.98 Å². The van der Waals surface area contributed by atoms with Crippen LogP contribution in [0.3, 0.4) is 0 Å². The summed E-state index contributed by atoms with van der Waals surface area (Å²) in [5, 5.41) is 2.65. The molecule has 11 heteroatoms. The summed E-state index contributed by atoms with van der Waals surface area (Å²) in [6.07, 6.45) is 5.03. The van der Waals surface area contributed by atoms with Crippen LogP contribution in [0.1, 0.15) is 54.7 Å². The molecule has 1 amide bonds. The zero-order valence-corrected chi connectivity index (χ0v) is 21.4. The minimum Gasteiger partial charge on any atom is -0.492 e. The molecule has 0 bridgehead atoms. The first-order chi connectivity index (χ1) is 16.9. The van der Waals surface area contributed by atoms with Crippen molar-refractivity contribution in [3.63, 3.8) is 0 Å². The molecule has 8 nitrogen and oxygen atoms in total. The molecule has 4 rings (SSSR count).